The molecular weight excluding hydrogens is 322 g/mol. The highest BCUT2D eigenvalue weighted by Gasteiger charge is 2.19. The summed E-state index contributed by atoms with van der Waals surface area (Å²) in [5, 5.41) is 14.1. The quantitative estimate of drug-likeness (QED) is 0.665. The van der Waals surface area contributed by atoms with E-state index in [4.69, 9.17) is 4.74 Å². The Morgan fingerprint density at radius 1 is 1.33 bits per heavy atom. The summed E-state index contributed by atoms with van der Waals surface area (Å²) in [6.07, 6.45) is 2.44. The average molecular weight is 341 g/mol. The zero-order valence-corrected chi connectivity index (χ0v) is 14.4. The number of rotatable bonds is 5. The average Bonchev–Trinajstić information content (AvgIpc) is 3.25. The van der Waals surface area contributed by atoms with Crippen molar-refractivity contribution >= 4 is 22.7 Å². The van der Waals surface area contributed by atoms with Crippen molar-refractivity contribution in [1.82, 2.24) is 25.2 Å². The van der Waals surface area contributed by atoms with Gasteiger partial charge >= 0.3 is 0 Å². The van der Waals surface area contributed by atoms with Gasteiger partial charge in [0.15, 0.2) is 0 Å². The lowest BCUT2D eigenvalue weighted by molar-refractivity contribution is 0.0912. The van der Waals surface area contributed by atoms with Gasteiger partial charge in [0.2, 0.25) is 5.16 Å². The lowest BCUT2D eigenvalue weighted by Gasteiger charge is -2.11. The second-order valence-corrected chi connectivity index (χ2v) is 6.95. The Bertz CT molecular complexity index is 844. The molecule has 1 unspecified atom stereocenters. The molecule has 4 rings (SSSR count). The van der Waals surface area contributed by atoms with Crippen LogP contribution < -0.4 is 0 Å². The SMILES string of the molecule is Cc1cc(CSc2nnnn2CC2CCCO2)c2ccccc2n1. The highest BCUT2D eigenvalue weighted by Crippen LogP contribution is 2.26. The number of tetrazole rings is 1. The van der Waals surface area contributed by atoms with Gasteiger partial charge in [0.05, 0.1) is 18.2 Å². The van der Waals surface area contributed by atoms with E-state index in [2.05, 4.69) is 44.8 Å². The van der Waals surface area contributed by atoms with Gasteiger partial charge in [0, 0.05) is 23.4 Å². The summed E-state index contributed by atoms with van der Waals surface area (Å²) in [5.74, 6) is 0.815. The largest absolute Gasteiger partial charge is 0.376 e. The number of nitrogens with zero attached hydrogens (tertiary/aromatic N) is 5. The number of aromatic nitrogens is 5. The third kappa shape index (κ3) is 3.27. The van der Waals surface area contributed by atoms with Crippen LogP contribution in [0.25, 0.3) is 10.9 Å². The summed E-state index contributed by atoms with van der Waals surface area (Å²) in [6, 6.07) is 10.4. The van der Waals surface area contributed by atoms with E-state index in [0.29, 0.717) is 0 Å². The molecule has 0 aliphatic carbocycles. The third-order valence-corrected chi connectivity index (χ3v) is 5.19. The smallest absolute Gasteiger partial charge is 0.209 e. The van der Waals surface area contributed by atoms with E-state index in [-0.39, 0.29) is 6.10 Å². The molecule has 1 aromatic carbocycles. The molecule has 0 amide bonds. The molecule has 124 valence electrons. The van der Waals surface area contributed by atoms with Crippen LogP contribution in [0.3, 0.4) is 0 Å². The maximum atomic E-state index is 5.68. The Labute approximate surface area is 144 Å². The highest BCUT2D eigenvalue weighted by molar-refractivity contribution is 7.98. The van der Waals surface area contributed by atoms with E-state index in [9.17, 15) is 0 Å². The maximum Gasteiger partial charge on any atom is 0.209 e. The number of ether oxygens (including phenoxy) is 1. The summed E-state index contributed by atoms with van der Waals surface area (Å²) in [4.78, 5) is 4.60. The van der Waals surface area contributed by atoms with E-state index >= 15 is 0 Å². The molecule has 3 aromatic rings. The first-order chi connectivity index (χ1) is 11.8. The number of pyridine rings is 1. The van der Waals surface area contributed by atoms with Gasteiger partial charge in [-0.1, -0.05) is 30.0 Å². The van der Waals surface area contributed by atoms with Crippen molar-refractivity contribution in [1.29, 1.82) is 0 Å². The van der Waals surface area contributed by atoms with Gasteiger partial charge in [-0.15, -0.1) is 5.10 Å². The number of thioether (sulfide) groups is 1. The lowest BCUT2D eigenvalue weighted by Crippen LogP contribution is -2.16. The Balaban J connectivity index is 1.52. The van der Waals surface area contributed by atoms with E-state index in [1.54, 1.807) is 11.8 Å². The van der Waals surface area contributed by atoms with Crippen LogP contribution in [0.5, 0.6) is 0 Å². The van der Waals surface area contributed by atoms with Crippen molar-refractivity contribution in [2.75, 3.05) is 6.61 Å². The summed E-state index contributed by atoms with van der Waals surface area (Å²) >= 11 is 1.66. The van der Waals surface area contributed by atoms with E-state index in [1.165, 1.54) is 10.9 Å². The summed E-state index contributed by atoms with van der Waals surface area (Å²) < 4.78 is 7.54. The van der Waals surface area contributed by atoms with Crippen molar-refractivity contribution in [3.63, 3.8) is 0 Å². The van der Waals surface area contributed by atoms with Gasteiger partial charge in [-0.3, -0.25) is 4.98 Å². The van der Waals surface area contributed by atoms with Crippen molar-refractivity contribution in [3.05, 3.63) is 41.6 Å². The van der Waals surface area contributed by atoms with Gasteiger partial charge in [-0.25, -0.2) is 4.68 Å². The number of fused-ring (bicyclic) bond motifs is 1. The summed E-state index contributed by atoms with van der Waals surface area (Å²) in [5.41, 5.74) is 3.32. The predicted molar refractivity (Wildman–Crippen MR) is 92.8 cm³/mol. The summed E-state index contributed by atoms with van der Waals surface area (Å²) in [6.45, 7) is 3.60. The fraction of sp³-hybridized carbons (Fsp3) is 0.412. The first kappa shape index (κ1) is 15.5. The Kier molecular flexibility index (Phi) is 4.44. The molecule has 2 aromatic heterocycles. The third-order valence-electron chi connectivity index (χ3n) is 4.19. The topological polar surface area (TPSA) is 65.7 Å². The maximum absolute atomic E-state index is 5.68. The fourth-order valence-corrected chi connectivity index (χ4v) is 3.93. The molecule has 7 heteroatoms. The van der Waals surface area contributed by atoms with E-state index < -0.39 is 0 Å². The molecule has 6 nitrogen and oxygen atoms in total. The molecule has 0 saturated carbocycles. The molecular formula is C17H19N5OS. The van der Waals surface area contributed by atoms with Crippen molar-refractivity contribution in [2.24, 2.45) is 0 Å². The monoisotopic (exact) mass is 341 g/mol. The molecule has 0 spiro atoms. The highest BCUT2D eigenvalue weighted by atomic mass is 32.2. The standard InChI is InChI=1S/C17H19N5OS/c1-12-9-13(15-6-2-3-7-16(15)18-12)11-24-17-19-20-21-22(17)10-14-5-4-8-23-14/h2-3,6-7,9,14H,4-5,8,10-11H2,1H3. The van der Waals surface area contributed by atoms with Gasteiger partial charge in [0.25, 0.3) is 0 Å². The zero-order valence-electron chi connectivity index (χ0n) is 13.6. The van der Waals surface area contributed by atoms with Crippen LogP contribution in [-0.2, 0) is 17.0 Å². The molecule has 1 atom stereocenters. The Morgan fingerprint density at radius 2 is 2.25 bits per heavy atom. The van der Waals surface area contributed by atoms with Gasteiger partial charge < -0.3 is 4.74 Å². The molecule has 1 fully saturated rings. The number of para-hydroxylation sites is 1. The zero-order chi connectivity index (χ0) is 16.4. The Morgan fingerprint density at radius 3 is 3.12 bits per heavy atom. The fourth-order valence-electron chi connectivity index (χ4n) is 3.05. The first-order valence-electron chi connectivity index (χ1n) is 8.15. The molecule has 24 heavy (non-hydrogen) atoms. The summed E-state index contributed by atoms with van der Waals surface area (Å²) in [7, 11) is 0. The van der Waals surface area contributed by atoms with Gasteiger partial charge in [0.1, 0.15) is 0 Å². The van der Waals surface area contributed by atoms with Crippen LogP contribution in [0.4, 0.5) is 0 Å². The Hall–Kier alpha value is -1.99. The van der Waals surface area contributed by atoms with Crippen LogP contribution in [0.1, 0.15) is 24.1 Å². The molecule has 0 bridgehead atoms. The minimum Gasteiger partial charge on any atom is -0.376 e. The minimum absolute atomic E-state index is 0.233. The molecule has 1 aliphatic heterocycles. The number of benzene rings is 1. The lowest BCUT2D eigenvalue weighted by atomic mass is 10.1. The number of hydrogen-bond donors (Lipinski definition) is 0. The second-order valence-electron chi connectivity index (χ2n) is 6.01. The molecule has 0 radical (unpaired) electrons. The number of aryl methyl sites for hydroxylation is 1. The minimum atomic E-state index is 0.233. The van der Waals surface area contributed by atoms with Crippen LogP contribution in [-0.4, -0.2) is 37.9 Å². The van der Waals surface area contributed by atoms with Crippen molar-refractivity contribution < 1.29 is 4.74 Å². The van der Waals surface area contributed by atoms with Crippen LogP contribution >= 0.6 is 11.8 Å². The van der Waals surface area contributed by atoms with Crippen molar-refractivity contribution in [2.45, 2.75) is 43.3 Å². The van der Waals surface area contributed by atoms with Gasteiger partial charge in [-0.2, -0.15) is 0 Å². The van der Waals surface area contributed by atoms with E-state index in [1.807, 2.05) is 17.7 Å². The predicted octanol–water partition coefficient (Wildman–Crippen LogP) is 3.00. The molecule has 1 aliphatic rings. The second kappa shape index (κ2) is 6.86. The molecule has 0 N–H and O–H groups in total. The van der Waals surface area contributed by atoms with Crippen molar-refractivity contribution in [3.8, 4) is 0 Å². The normalized spacial score (nSPS) is 17.6. The first-order valence-corrected chi connectivity index (χ1v) is 9.14. The van der Waals surface area contributed by atoms with Crippen LogP contribution in [0.15, 0.2) is 35.5 Å². The van der Waals surface area contributed by atoms with Gasteiger partial charge in [-0.05, 0) is 47.9 Å². The van der Waals surface area contributed by atoms with Crippen LogP contribution in [0.2, 0.25) is 0 Å². The number of hydrogen-bond acceptors (Lipinski definition) is 6. The molecule has 3 heterocycles. The van der Waals surface area contributed by atoms with Crippen LogP contribution in [0, 0.1) is 6.92 Å². The molecule has 1 saturated heterocycles. The van der Waals surface area contributed by atoms with E-state index in [0.717, 1.165) is 48.1 Å².